The summed E-state index contributed by atoms with van der Waals surface area (Å²) in [5, 5.41) is 19.2. The van der Waals surface area contributed by atoms with E-state index < -0.39 is 0 Å². The first-order chi connectivity index (χ1) is 9.04. The van der Waals surface area contributed by atoms with Gasteiger partial charge >= 0.3 is 0 Å². The Morgan fingerprint density at radius 1 is 1.11 bits per heavy atom. The zero-order valence-electron chi connectivity index (χ0n) is 9.39. The van der Waals surface area contributed by atoms with Crippen molar-refractivity contribution in [1.29, 1.82) is 0 Å². The van der Waals surface area contributed by atoms with Gasteiger partial charge in [0.25, 0.3) is 0 Å². The molecule has 0 radical (unpaired) electrons. The number of phenolic OH excluding ortho intramolecular Hbond substituents is 2. The predicted molar refractivity (Wildman–Crippen MR) is 80.5 cm³/mol. The van der Waals surface area contributed by atoms with Gasteiger partial charge in [-0.1, -0.05) is 11.6 Å². The molecule has 2 N–H and O–H groups in total. The van der Waals surface area contributed by atoms with E-state index >= 15 is 0 Å². The number of rotatable bonds is 1. The molecule has 0 amide bonds. The van der Waals surface area contributed by atoms with E-state index in [0.29, 0.717) is 27.6 Å². The molecule has 0 fully saturated rings. The molecule has 0 atom stereocenters. The summed E-state index contributed by atoms with van der Waals surface area (Å²) in [6.07, 6.45) is 0. The van der Waals surface area contributed by atoms with Crippen LogP contribution in [0.15, 0.2) is 34.7 Å². The van der Waals surface area contributed by atoms with Gasteiger partial charge in [0.1, 0.15) is 17.0 Å². The second kappa shape index (κ2) is 4.57. The van der Waals surface area contributed by atoms with Crippen molar-refractivity contribution >= 4 is 45.3 Å². The molecule has 0 aliphatic heterocycles. The van der Waals surface area contributed by atoms with Crippen LogP contribution in [0.5, 0.6) is 11.5 Å². The van der Waals surface area contributed by atoms with Gasteiger partial charge in [0.15, 0.2) is 5.58 Å². The highest BCUT2D eigenvalue weighted by Gasteiger charge is 2.14. The fourth-order valence-corrected chi connectivity index (χ4v) is 2.73. The van der Waals surface area contributed by atoms with Crippen LogP contribution in [0.25, 0.3) is 22.6 Å². The number of aromatic hydroxyl groups is 2. The number of hydrogen-bond donors (Lipinski definition) is 2. The Morgan fingerprint density at radius 3 is 2.63 bits per heavy atom. The van der Waals surface area contributed by atoms with Crippen molar-refractivity contribution in [2.75, 3.05) is 0 Å². The summed E-state index contributed by atoms with van der Waals surface area (Å²) in [5.74, 6) is 0.564. The molecule has 0 saturated carbocycles. The standard InChI is InChI=1S/C13H7ClINO3/c14-9-3-6(17)1-2-8(9)13-16-11-5-7(18)4-10(15)12(11)19-13/h1-5,17-18H. The highest BCUT2D eigenvalue weighted by molar-refractivity contribution is 14.1. The number of oxazole rings is 1. The minimum absolute atomic E-state index is 0.0806. The third-order valence-electron chi connectivity index (χ3n) is 2.61. The molecule has 0 bridgehead atoms. The Kier molecular flexibility index (Phi) is 3.02. The molecule has 0 aliphatic rings. The van der Waals surface area contributed by atoms with Crippen LogP contribution in [-0.2, 0) is 0 Å². The molecule has 0 spiro atoms. The third-order valence-corrected chi connectivity index (χ3v) is 3.73. The lowest BCUT2D eigenvalue weighted by Crippen LogP contribution is -1.78. The first-order valence-corrected chi connectivity index (χ1v) is 6.78. The van der Waals surface area contributed by atoms with E-state index in [2.05, 4.69) is 27.6 Å². The average molecular weight is 388 g/mol. The fraction of sp³-hybridized carbons (Fsp3) is 0. The molecule has 3 rings (SSSR count). The fourth-order valence-electron chi connectivity index (χ4n) is 1.77. The summed E-state index contributed by atoms with van der Waals surface area (Å²) in [6, 6.07) is 7.69. The number of nitrogens with zero attached hydrogens (tertiary/aromatic N) is 1. The maximum atomic E-state index is 9.54. The minimum Gasteiger partial charge on any atom is -0.508 e. The van der Waals surface area contributed by atoms with Crippen LogP contribution in [0.3, 0.4) is 0 Å². The summed E-state index contributed by atoms with van der Waals surface area (Å²) in [6.45, 7) is 0. The molecule has 6 heteroatoms. The van der Waals surface area contributed by atoms with Crippen molar-refractivity contribution in [1.82, 2.24) is 4.98 Å². The number of halogens is 2. The molecule has 2 aromatic carbocycles. The van der Waals surface area contributed by atoms with E-state index in [0.717, 1.165) is 3.57 Å². The van der Waals surface area contributed by atoms with E-state index in [1.165, 1.54) is 18.2 Å². The van der Waals surface area contributed by atoms with Crippen molar-refractivity contribution < 1.29 is 14.6 Å². The lowest BCUT2D eigenvalue weighted by molar-refractivity contribution is 0.474. The molecule has 4 nitrogen and oxygen atoms in total. The number of hydrogen-bond acceptors (Lipinski definition) is 4. The first-order valence-electron chi connectivity index (χ1n) is 5.32. The summed E-state index contributed by atoms with van der Waals surface area (Å²) in [7, 11) is 0. The lowest BCUT2D eigenvalue weighted by atomic mass is 10.2. The number of phenols is 2. The first kappa shape index (κ1) is 12.6. The smallest absolute Gasteiger partial charge is 0.228 e. The summed E-state index contributed by atoms with van der Waals surface area (Å²) in [4.78, 5) is 4.30. The van der Waals surface area contributed by atoms with Gasteiger partial charge in [-0.15, -0.1) is 0 Å². The van der Waals surface area contributed by atoms with Crippen LogP contribution in [0.4, 0.5) is 0 Å². The van der Waals surface area contributed by atoms with Crippen LogP contribution in [0, 0.1) is 3.57 Å². The molecule has 3 aromatic rings. The molecule has 0 aliphatic carbocycles. The number of benzene rings is 2. The monoisotopic (exact) mass is 387 g/mol. The van der Waals surface area contributed by atoms with Crippen molar-refractivity contribution in [2.45, 2.75) is 0 Å². The second-order valence-corrected chi connectivity index (χ2v) is 5.53. The molecular formula is C13H7ClINO3. The normalized spacial score (nSPS) is 11.1. The summed E-state index contributed by atoms with van der Waals surface area (Å²) < 4.78 is 6.43. The Balaban J connectivity index is 2.23. The zero-order chi connectivity index (χ0) is 13.6. The van der Waals surface area contributed by atoms with E-state index in [-0.39, 0.29) is 11.5 Å². The van der Waals surface area contributed by atoms with E-state index in [4.69, 9.17) is 16.0 Å². The van der Waals surface area contributed by atoms with Crippen LogP contribution < -0.4 is 0 Å². The Morgan fingerprint density at radius 2 is 1.89 bits per heavy atom. The Labute approximate surface area is 126 Å². The molecule has 96 valence electrons. The summed E-state index contributed by atoms with van der Waals surface area (Å²) >= 11 is 8.12. The maximum absolute atomic E-state index is 9.54. The SMILES string of the molecule is Oc1ccc(-c2nc3cc(O)cc(I)c3o2)c(Cl)c1. The van der Waals surface area contributed by atoms with Gasteiger partial charge in [0.05, 0.1) is 14.2 Å². The van der Waals surface area contributed by atoms with Gasteiger partial charge in [-0.25, -0.2) is 4.98 Å². The van der Waals surface area contributed by atoms with Crippen molar-refractivity contribution in [3.8, 4) is 23.0 Å². The van der Waals surface area contributed by atoms with Gasteiger partial charge in [-0.05, 0) is 46.9 Å². The minimum atomic E-state index is 0.0806. The Hall–Kier alpha value is -1.47. The van der Waals surface area contributed by atoms with E-state index in [1.54, 1.807) is 12.1 Å². The highest BCUT2D eigenvalue weighted by Crippen LogP contribution is 2.34. The molecule has 0 saturated heterocycles. The van der Waals surface area contributed by atoms with Gasteiger partial charge in [0.2, 0.25) is 5.89 Å². The van der Waals surface area contributed by atoms with Gasteiger partial charge in [-0.2, -0.15) is 0 Å². The van der Waals surface area contributed by atoms with Crippen LogP contribution in [0.2, 0.25) is 5.02 Å². The molecule has 0 unspecified atom stereocenters. The molecule has 1 heterocycles. The number of aromatic nitrogens is 1. The third kappa shape index (κ3) is 2.23. The van der Waals surface area contributed by atoms with Crippen molar-refractivity contribution in [3.05, 3.63) is 38.9 Å². The highest BCUT2D eigenvalue weighted by atomic mass is 127. The predicted octanol–water partition coefficient (Wildman–Crippen LogP) is 4.16. The van der Waals surface area contributed by atoms with Crippen LogP contribution in [0.1, 0.15) is 0 Å². The van der Waals surface area contributed by atoms with E-state index in [9.17, 15) is 10.2 Å². The Bertz CT molecular complexity index is 785. The molecule has 1 aromatic heterocycles. The summed E-state index contributed by atoms with van der Waals surface area (Å²) in [5.41, 5.74) is 1.74. The van der Waals surface area contributed by atoms with E-state index in [1.807, 2.05) is 0 Å². The quantitative estimate of drug-likeness (QED) is 0.615. The maximum Gasteiger partial charge on any atom is 0.228 e. The van der Waals surface area contributed by atoms with Gasteiger partial charge in [0, 0.05) is 6.07 Å². The topological polar surface area (TPSA) is 66.5 Å². The van der Waals surface area contributed by atoms with Crippen molar-refractivity contribution in [3.63, 3.8) is 0 Å². The second-order valence-electron chi connectivity index (χ2n) is 3.96. The zero-order valence-corrected chi connectivity index (χ0v) is 12.3. The van der Waals surface area contributed by atoms with Crippen molar-refractivity contribution in [2.24, 2.45) is 0 Å². The molecular weight excluding hydrogens is 381 g/mol. The van der Waals surface area contributed by atoms with Gasteiger partial charge in [-0.3, -0.25) is 0 Å². The molecule has 19 heavy (non-hydrogen) atoms. The van der Waals surface area contributed by atoms with Crippen LogP contribution >= 0.6 is 34.2 Å². The largest absolute Gasteiger partial charge is 0.508 e. The van der Waals surface area contributed by atoms with Crippen LogP contribution in [-0.4, -0.2) is 15.2 Å². The average Bonchev–Trinajstić information content (AvgIpc) is 2.72. The lowest BCUT2D eigenvalue weighted by Gasteiger charge is -1.99. The van der Waals surface area contributed by atoms with Gasteiger partial charge < -0.3 is 14.6 Å². The number of fused-ring (bicyclic) bond motifs is 1.